The predicted octanol–water partition coefficient (Wildman–Crippen LogP) is 3.16. The molecule has 0 radical (unpaired) electrons. The molecule has 3 nitrogen and oxygen atoms in total. The first kappa shape index (κ1) is 10.9. The molecule has 2 heterocycles. The van der Waals surface area contributed by atoms with Crippen LogP contribution in [0.5, 0.6) is 11.5 Å². The first-order valence-electron chi connectivity index (χ1n) is 6.59. The van der Waals surface area contributed by atoms with E-state index in [1.165, 1.54) is 22.3 Å². The lowest BCUT2D eigenvalue weighted by molar-refractivity contribution is -0.215. The predicted molar refractivity (Wildman–Crippen MR) is 71.4 cm³/mol. The number of ether oxygens (including phenoxy) is 1. The maximum absolute atomic E-state index is 5.63. The van der Waals surface area contributed by atoms with E-state index in [1.807, 2.05) is 12.1 Å². The van der Waals surface area contributed by atoms with Crippen molar-refractivity contribution in [2.24, 2.45) is 0 Å². The first-order valence-corrected chi connectivity index (χ1v) is 6.59. The molecule has 4 rings (SSSR count). The molecular formula is C16H14O3. The van der Waals surface area contributed by atoms with Crippen molar-refractivity contribution < 1.29 is 14.5 Å². The van der Waals surface area contributed by atoms with Gasteiger partial charge in [-0.05, 0) is 29.3 Å². The first-order chi connectivity index (χ1) is 9.42. The molecule has 2 aliphatic heterocycles. The molecule has 0 spiro atoms. The molecule has 0 bridgehead atoms. The van der Waals surface area contributed by atoms with Crippen LogP contribution in [0.4, 0.5) is 0 Å². The lowest BCUT2D eigenvalue weighted by Gasteiger charge is -2.17. The van der Waals surface area contributed by atoms with Gasteiger partial charge in [-0.15, -0.1) is 0 Å². The molecule has 0 atom stereocenters. The van der Waals surface area contributed by atoms with Crippen molar-refractivity contribution in [3.63, 3.8) is 0 Å². The topological polar surface area (TPSA) is 27.7 Å². The summed E-state index contributed by atoms with van der Waals surface area (Å²) >= 11 is 0. The summed E-state index contributed by atoms with van der Waals surface area (Å²) in [4.78, 5) is 10.2. The Labute approximate surface area is 111 Å². The minimum absolute atomic E-state index is 0.618. The van der Waals surface area contributed by atoms with E-state index in [0.29, 0.717) is 6.61 Å². The summed E-state index contributed by atoms with van der Waals surface area (Å²) in [6.07, 6.45) is 1.89. The van der Waals surface area contributed by atoms with Gasteiger partial charge in [-0.25, -0.2) is 0 Å². The van der Waals surface area contributed by atoms with Crippen molar-refractivity contribution in [1.29, 1.82) is 0 Å². The zero-order valence-corrected chi connectivity index (χ0v) is 10.5. The van der Waals surface area contributed by atoms with Gasteiger partial charge in [0.25, 0.3) is 0 Å². The van der Waals surface area contributed by atoms with Crippen LogP contribution >= 0.6 is 0 Å². The molecule has 96 valence electrons. The third-order valence-electron chi connectivity index (χ3n) is 3.72. The van der Waals surface area contributed by atoms with Crippen molar-refractivity contribution in [2.45, 2.75) is 12.8 Å². The standard InChI is InChI=1S/C16H14O3/c1-2-13(14-7-8-17-16(14)3-1)11-4-5-15-12(10-11)6-9-18-19-15/h1-5,10H,6-9H2. The highest BCUT2D eigenvalue weighted by molar-refractivity contribution is 5.72. The van der Waals surface area contributed by atoms with Gasteiger partial charge in [0.2, 0.25) is 0 Å². The van der Waals surface area contributed by atoms with Crippen LogP contribution in [0.1, 0.15) is 11.1 Å². The molecule has 0 fully saturated rings. The molecule has 0 aromatic heterocycles. The molecule has 0 saturated carbocycles. The Hall–Kier alpha value is -2.00. The van der Waals surface area contributed by atoms with E-state index in [1.54, 1.807) is 0 Å². The Balaban J connectivity index is 1.83. The quantitative estimate of drug-likeness (QED) is 0.732. The largest absolute Gasteiger partial charge is 0.493 e. The Morgan fingerprint density at radius 2 is 1.89 bits per heavy atom. The van der Waals surface area contributed by atoms with Crippen molar-refractivity contribution in [1.82, 2.24) is 0 Å². The Morgan fingerprint density at radius 1 is 0.895 bits per heavy atom. The van der Waals surface area contributed by atoms with Crippen molar-refractivity contribution in [2.75, 3.05) is 13.2 Å². The lowest BCUT2D eigenvalue weighted by atomic mass is 9.95. The van der Waals surface area contributed by atoms with Crippen LogP contribution < -0.4 is 9.62 Å². The van der Waals surface area contributed by atoms with Gasteiger partial charge in [0.15, 0.2) is 5.75 Å². The van der Waals surface area contributed by atoms with Gasteiger partial charge in [-0.3, -0.25) is 0 Å². The molecule has 2 aliphatic rings. The fraction of sp³-hybridized carbons (Fsp3) is 0.250. The Morgan fingerprint density at radius 3 is 2.89 bits per heavy atom. The highest BCUT2D eigenvalue weighted by atomic mass is 17.2. The average Bonchev–Trinajstić information content (AvgIpc) is 2.95. The van der Waals surface area contributed by atoms with E-state index in [-0.39, 0.29) is 0 Å². The molecule has 0 saturated heterocycles. The number of rotatable bonds is 1. The normalized spacial score (nSPS) is 16.2. The second kappa shape index (κ2) is 4.28. The maximum atomic E-state index is 5.63. The van der Waals surface area contributed by atoms with E-state index >= 15 is 0 Å². The maximum Gasteiger partial charge on any atom is 0.168 e. The van der Waals surface area contributed by atoms with E-state index in [0.717, 1.165) is 30.9 Å². The Kier molecular flexibility index (Phi) is 2.45. The molecule has 0 amide bonds. The molecule has 19 heavy (non-hydrogen) atoms. The zero-order valence-electron chi connectivity index (χ0n) is 10.5. The SMILES string of the molecule is c1cc2c(c(-c3ccc4c(c3)CCOO4)c1)CCO2. The summed E-state index contributed by atoms with van der Waals surface area (Å²) in [5, 5.41) is 0. The van der Waals surface area contributed by atoms with Crippen molar-refractivity contribution >= 4 is 0 Å². The van der Waals surface area contributed by atoms with Crippen LogP contribution in [0, 0.1) is 0 Å². The van der Waals surface area contributed by atoms with Gasteiger partial charge in [-0.2, -0.15) is 4.89 Å². The highest BCUT2D eigenvalue weighted by Crippen LogP contribution is 2.36. The van der Waals surface area contributed by atoms with Crippen molar-refractivity contribution in [3.8, 4) is 22.6 Å². The van der Waals surface area contributed by atoms with Crippen LogP contribution in [0.25, 0.3) is 11.1 Å². The zero-order chi connectivity index (χ0) is 12.7. The summed E-state index contributed by atoms with van der Waals surface area (Å²) < 4.78 is 5.63. The van der Waals surface area contributed by atoms with Gasteiger partial charge >= 0.3 is 0 Å². The summed E-state index contributed by atoms with van der Waals surface area (Å²) in [6, 6.07) is 12.5. The van der Waals surface area contributed by atoms with Crippen LogP contribution in [0.15, 0.2) is 36.4 Å². The third kappa shape index (κ3) is 1.78. The van der Waals surface area contributed by atoms with Gasteiger partial charge in [-0.1, -0.05) is 18.2 Å². The minimum Gasteiger partial charge on any atom is -0.493 e. The second-order valence-corrected chi connectivity index (χ2v) is 4.86. The van der Waals surface area contributed by atoms with Crippen LogP contribution in [0.2, 0.25) is 0 Å². The molecule has 0 N–H and O–H groups in total. The van der Waals surface area contributed by atoms with Crippen molar-refractivity contribution in [3.05, 3.63) is 47.5 Å². The fourth-order valence-corrected chi connectivity index (χ4v) is 2.77. The van der Waals surface area contributed by atoms with E-state index < -0.39 is 0 Å². The fourth-order valence-electron chi connectivity index (χ4n) is 2.77. The molecule has 2 aromatic carbocycles. The molecule has 3 heteroatoms. The minimum atomic E-state index is 0.618. The van der Waals surface area contributed by atoms with Crippen LogP contribution in [-0.4, -0.2) is 13.2 Å². The van der Waals surface area contributed by atoms with Crippen LogP contribution in [0.3, 0.4) is 0 Å². The number of fused-ring (bicyclic) bond motifs is 2. The Bertz CT molecular complexity index is 634. The molecule has 2 aromatic rings. The van der Waals surface area contributed by atoms with E-state index in [2.05, 4.69) is 24.3 Å². The van der Waals surface area contributed by atoms with Gasteiger partial charge in [0.1, 0.15) is 5.75 Å². The number of hydrogen-bond acceptors (Lipinski definition) is 3. The lowest BCUT2D eigenvalue weighted by Crippen LogP contribution is -2.10. The van der Waals surface area contributed by atoms with Crippen LogP contribution in [-0.2, 0) is 17.7 Å². The summed E-state index contributed by atoms with van der Waals surface area (Å²) in [6.45, 7) is 1.40. The summed E-state index contributed by atoms with van der Waals surface area (Å²) in [5.41, 5.74) is 5.02. The molecular weight excluding hydrogens is 240 g/mol. The molecule has 0 unspecified atom stereocenters. The monoisotopic (exact) mass is 254 g/mol. The third-order valence-corrected chi connectivity index (χ3v) is 3.72. The van der Waals surface area contributed by atoms with E-state index in [4.69, 9.17) is 14.5 Å². The van der Waals surface area contributed by atoms with Gasteiger partial charge in [0.05, 0.1) is 13.2 Å². The van der Waals surface area contributed by atoms with Gasteiger partial charge in [0, 0.05) is 24.0 Å². The molecule has 0 aliphatic carbocycles. The summed E-state index contributed by atoms with van der Waals surface area (Å²) in [7, 11) is 0. The number of hydrogen-bond donors (Lipinski definition) is 0. The number of benzene rings is 2. The van der Waals surface area contributed by atoms with E-state index in [9.17, 15) is 0 Å². The average molecular weight is 254 g/mol. The second-order valence-electron chi connectivity index (χ2n) is 4.86. The summed E-state index contributed by atoms with van der Waals surface area (Å²) in [5.74, 6) is 1.86. The van der Waals surface area contributed by atoms with Gasteiger partial charge < -0.3 is 9.62 Å². The smallest absolute Gasteiger partial charge is 0.168 e. The highest BCUT2D eigenvalue weighted by Gasteiger charge is 2.18.